The molecule has 2 saturated carbocycles. The molecule has 1 N–H and O–H groups in total. The Hall–Kier alpha value is -0.570. The number of carbonyl (C=O) groups excluding carboxylic acids is 1. The van der Waals surface area contributed by atoms with Gasteiger partial charge in [0.15, 0.2) is 0 Å². The van der Waals surface area contributed by atoms with E-state index in [1.807, 2.05) is 14.1 Å². The first-order valence-electron chi connectivity index (χ1n) is 6.52. The van der Waals surface area contributed by atoms with E-state index in [-0.39, 0.29) is 5.91 Å². The van der Waals surface area contributed by atoms with Crippen LogP contribution in [-0.2, 0) is 4.79 Å². The summed E-state index contributed by atoms with van der Waals surface area (Å²) >= 11 is 0. The molecule has 1 amide bonds. The summed E-state index contributed by atoms with van der Waals surface area (Å²) in [7, 11) is 3.65. The first-order valence-corrected chi connectivity index (χ1v) is 6.52. The van der Waals surface area contributed by atoms with Gasteiger partial charge in [-0.05, 0) is 38.0 Å². The van der Waals surface area contributed by atoms with Gasteiger partial charge in [0, 0.05) is 32.6 Å². The van der Waals surface area contributed by atoms with Crippen LogP contribution in [0.25, 0.3) is 0 Å². The zero-order chi connectivity index (χ0) is 11.7. The molecule has 3 nitrogen and oxygen atoms in total. The van der Waals surface area contributed by atoms with Crippen molar-refractivity contribution in [2.45, 2.75) is 51.1 Å². The summed E-state index contributed by atoms with van der Waals surface area (Å²) in [6, 6.07) is 1.00. The number of amides is 1. The number of hydrogen-bond donors (Lipinski definition) is 1. The van der Waals surface area contributed by atoms with Crippen LogP contribution in [0.3, 0.4) is 0 Å². The van der Waals surface area contributed by atoms with Crippen LogP contribution in [0, 0.1) is 11.8 Å². The van der Waals surface area contributed by atoms with E-state index in [4.69, 9.17) is 0 Å². The molecule has 2 aliphatic carbocycles. The molecule has 2 rings (SSSR count). The molecular weight excluding hydrogens is 200 g/mol. The summed E-state index contributed by atoms with van der Waals surface area (Å²) in [5.74, 6) is 2.09. The summed E-state index contributed by atoms with van der Waals surface area (Å²) in [4.78, 5) is 13.3. The smallest absolute Gasteiger partial charge is 0.223 e. The summed E-state index contributed by atoms with van der Waals surface area (Å²) in [5, 5.41) is 3.65. The van der Waals surface area contributed by atoms with E-state index in [1.165, 1.54) is 25.7 Å². The number of hydrogen-bond acceptors (Lipinski definition) is 2. The minimum absolute atomic E-state index is 0.225. The van der Waals surface area contributed by atoms with Gasteiger partial charge in [-0.2, -0.15) is 0 Å². The fraction of sp³-hybridized carbons (Fsp3) is 0.923. The third-order valence-corrected chi connectivity index (χ3v) is 4.22. The summed E-state index contributed by atoms with van der Waals surface area (Å²) in [5.41, 5.74) is 0. The van der Waals surface area contributed by atoms with Crippen LogP contribution in [0.15, 0.2) is 0 Å². The Morgan fingerprint density at radius 1 is 1.38 bits per heavy atom. The van der Waals surface area contributed by atoms with Crippen molar-refractivity contribution < 1.29 is 4.79 Å². The molecule has 2 bridgehead atoms. The van der Waals surface area contributed by atoms with Gasteiger partial charge in [0.2, 0.25) is 5.91 Å². The van der Waals surface area contributed by atoms with Crippen LogP contribution >= 0.6 is 0 Å². The second-order valence-corrected chi connectivity index (χ2v) is 5.84. The monoisotopic (exact) mass is 224 g/mol. The minimum atomic E-state index is 0.225. The fourth-order valence-corrected chi connectivity index (χ4v) is 3.32. The SMILES string of the molecule is CC(CC(=O)N(C)C)NC1CC2CCC1C2. The van der Waals surface area contributed by atoms with Gasteiger partial charge in [0.05, 0.1) is 0 Å². The highest BCUT2D eigenvalue weighted by atomic mass is 16.2. The molecule has 16 heavy (non-hydrogen) atoms. The molecule has 0 saturated heterocycles. The Labute approximate surface area is 98.6 Å². The predicted molar refractivity (Wildman–Crippen MR) is 65.1 cm³/mol. The standard InChI is InChI=1S/C13H24N2O/c1-9(6-13(16)15(2)3)14-12-8-10-4-5-11(12)7-10/h9-12,14H,4-8H2,1-3H3. The molecule has 0 aliphatic heterocycles. The lowest BCUT2D eigenvalue weighted by Gasteiger charge is -2.27. The molecule has 0 aromatic rings. The molecule has 4 unspecified atom stereocenters. The van der Waals surface area contributed by atoms with E-state index in [1.54, 1.807) is 4.90 Å². The first kappa shape index (κ1) is 11.9. The van der Waals surface area contributed by atoms with E-state index in [2.05, 4.69) is 12.2 Å². The van der Waals surface area contributed by atoms with Crippen LogP contribution in [0.5, 0.6) is 0 Å². The van der Waals surface area contributed by atoms with Crippen LogP contribution in [0.2, 0.25) is 0 Å². The molecule has 2 aliphatic rings. The average Bonchev–Trinajstić information content (AvgIpc) is 2.78. The second kappa shape index (κ2) is 4.74. The van der Waals surface area contributed by atoms with Crippen molar-refractivity contribution >= 4 is 5.91 Å². The lowest BCUT2D eigenvalue weighted by Crippen LogP contribution is -2.42. The zero-order valence-corrected chi connectivity index (χ0v) is 10.7. The summed E-state index contributed by atoms with van der Waals surface area (Å²) < 4.78 is 0. The number of rotatable bonds is 4. The summed E-state index contributed by atoms with van der Waals surface area (Å²) in [6.07, 6.45) is 6.22. The molecule has 3 heteroatoms. The minimum Gasteiger partial charge on any atom is -0.349 e. The molecule has 4 atom stereocenters. The molecule has 0 aromatic heterocycles. The van der Waals surface area contributed by atoms with Gasteiger partial charge < -0.3 is 10.2 Å². The van der Waals surface area contributed by atoms with Gasteiger partial charge in [-0.3, -0.25) is 4.79 Å². The molecule has 2 fully saturated rings. The van der Waals surface area contributed by atoms with E-state index in [0.717, 1.165) is 11.8 Å². The van der Waals surface area contributed by atoms with Crippen LogP contribution < -0.4 is 5.32 Å². The highest BCUT2D eigenvalue weighted by Gasteiger charge is 2.39. The molecule has 92 valence electrons. The van der Waals surface area contributed by atoms with Gasteiger partial charge in [0.1, 0.15) is 0 Å². The molecule has 0 heterocycles. The van der Waals surface area contributed by atoms with Crippen molar-refractivity contribution in [3.05, 3.63) is 0 Å². The quantitative estimate of drug-likeness (QED) is 0.787. The molecular formula is C13H24N2O. The average molecular weight is 224 g/mol. The maximum atomic E-state index is 11.6. The van der Waals surface area contributed by atoms with Gasteiger partial charge in [-0.1, -0.05) is 6.42 Å². The largest absolute Gasteiger partial charge is 0.349 e. The Morgan fingerprint density at radius 3 is 2.62 bits per heavy atom. The maximum Gasteiger partial charge on any atom is 0.223 e. The highest BCUT2D eigenvalue weighted by Crippen LogP contribution is 2.44. The lowest BCUT2D eigenvalue weighted by molar-refractivity contribution is -0.129. The molecule has 0 aromatic carbocycles. The van der Waals surface area contributed by atoms with Gasteiger partial charge in [0.25, 0.3) is 0 Å². The normalized spacial score (nSPS) is 34.1. The van der Waals surface area contributed by atoms with E-state index in [0.29, 0.717) is 18.5 Å². The van der Waals surface area contributed by atoms with Crippen molar-refractivity contribution in [2.24, 2.45) is 11.8 Å². The van der Waals surface area contributed by atoms with Crippen molar-refractivity contribution in [3.63, 3.8) is 0 Å². The second-order valence-electron chi connectivity index (χ2n) is 5.84. The maximum absolute atomic E-state index is 11.6. The van der Waals surface area contributed by atoms with Crippen molar-refractivity contribution in [3.8, 4) is 0 Å². The van der Waals surface area contributed by atoms with E-state index in [9.17, 15) is 4.79 Å². The first-order chi connectivity index (χ1) is 7.56. The predicted octanol–water partition coefficient (Wildman–Crippen LogP) is 1.63. The van der Waals surface area contributed by atoms with Crippen molar-refractivity contribution in [1.29, 1.82) is 0 Å². The van der Waals surface area contributed by atoms with Gasteiger partial charge >= 0.3 is 0 Å². The van der Waals surface area contributed by atoms with E-state index < -0.39 is 0 Å². The molecule has 0 radical (unpaired) electrons. The highest BCUT2D eigenvalue weighted by molar-refractivity contribution is 5.76. The Bertz CT molecular complexity index is 265. The van der Waals surface area contributed by atoms with Gasteiger partial charge in [-0.25, -0.2) is 0 Å². The van der Waals surface area contributed by atoms with Crippen LogP contribution in [0.4, 0.5) is 0 Å². The van der Waals surface area contributed by atoms with Gasteiger partial charge in [-0.15, -0.1) is 0 Å². The van der Waals surface area contributed by atoms with Crippen LogP contribution in [0.1, 0.15) is 39.0 Å². The van der Waals surface area contributed by atoms with Crippen molar-refractivity contribution in [1.82, 2.24) is 10.2 Å². The molecule has 0 spiro atoms. The number of carbonyl (C=O) groups is 1. The number of nitrogens with one attached hydrogen (secondary N) is 1. The lowest BCUT2D eigenvalue weighted by atomic mass is 9.94. The fourth-order valence-electron chi connectivity index (χ4n) is 3.32. The van der Waals surface area contributed by atoms with Crippen molar-refractivity contribution in [2.75, 3.05) is 14.1 Å². The number of fused-ring (bicyclic) bond motifs is 2. The summed E-state index contributed by atoms with van der Waals surface area (Å²) in [6.45, 7) is 2.13. The third kappa shape index (κ3) is 2.57. The number of nitrogens with zero attached hydrogens (tertiary/aromatic N) is 1. The van der Waals surface area contributed by atoms with E-state index >= 15 is 0 Å². The zero-order valence-electron chi connectivity index (χ0n) is 10.7. The topological polar surface area (TPSA) is 32.3 Å². The van der Waals surface area contributed by atoms with Crippen LogP contribution in [-0.4, -0.2) is 37.0 Å². The Balaban J connectivity index is 1.75. The third-order valence-electron chi connectivity index (χ3n) is 4.22. The Morgan fingerprint density at radius 2 is 2.12 bits per heavy atom. The Kier molecular flexibility index (Phi) is 3.53.